The molecular weight excluding hydrogens is 302 g/mol. The van der Waals surface area contributed by atoms with Gasteiger partial charge in [-0.05, 0) is 44.4 Å². The molecule has 24 heavy (non-hydrogen) atoms. The minimum atomic E-state index is -0.0323. The molecule has 6 heteroatoms. The molecule has 1 saturated heterocycles. The summed E-state index contributed by atoms with van der Waals surface area (Å²) in [7, 11) is 0. The zero-order valence-electron chi connectivity index (χ0n) is 13.8. The Morgan fingerprint density at radius 1 is 1.17 bits per heavy atom. The van der Waals surface area contributed by atoms with E-state index in [1.165, 1.54) is 0 Å². The summed E-state index contributed by atoms with van der Waals surface area (Å²) in [6.45, 7) is 4.63. The molecule has 0 unspecified atom stereocenters. The summed E-state index contributed by atoms with van der Waals surface area (Å²) in [5, 5.41) is 0. The second kappa shape index (κ2) is 5.70. The first-order chi connectivity index (χ1) is 11.6. The van der Waals surface area contributed by atoms with Crippen molar-refractivity contribution < 1.29 is 4.79 Å². The zero-order chi connectivity index (χ0) is 16.7. The number of fused-ring (bicyclic) bond motifs is 1. The second-order valence-corrected chi connectivity index (χ2v) is 6.28. The zero-order valence-corrected chi connectivity index (χ0v) is 13.8. The number of likely N-dealkylation sites (tertiary alicyclic amines) is 1. The number of aromatic nitrogens is 4. The van der Waals surface area contributed by atoms with E-state index in [-0.39, 0.29) is 11.9 Å². The normalized spacial score (nSPS) is 17.6. The van der Waals surface area contributed by atoms with Crippen LogP contribution in [0.25, 0.3) is 5.65 Å². The first-order valence-corrected chi connectivity index (χ1v) is 8.18. The number of nitrogens with zero attached hydrogens (tertiary/aromatic N) is 5. The quantitative estimate of drug-likeness (QED) is 0.728. The minimum absolute atomic E-state index is 0.00532. The Balaban J connectivity index is 1.66. The molecule has 0 radical (unpaired) electrons. The van der Waals surface area contributed by atoms with E-state index in [4.69, 9.17) is 0 Å². The van der Waals surface area contributed by atoms with Crippen LogP contribution in [0.1, 0.15) is 46.5 Å². The van der Waals surface area contributed by atoms with Crippen LogP contribution in [0.2, 0.25) is 0 Å². The van der Waals surface area contributed by atoms with Gasteiger partial charge in [0, 0.05) is 25.1 Å². The summed E-state index contributed by atoms with van der Waals surface area (Å²) >= 11 is 0. The third kappa shape index (κ3) is 2.54. The van der Waals surface area contributed by atoms with Crippen molar-refractivity contribution in [2.45, 2.75) is 32.7 Å². The molecule has 0 saturated carbocycles. The Bertz CT molecular complexity index is 917. The fraction of sp³-hybridized carbons (Fsp3) is 0.333. The van der Waals surface area contributed by atoms with Crippen molar-refractivity contribution in [3.05, 3.63) is 59.6 Å². The van der Waals surface area contributed by atoms with Crippen LogP contribution in [0.3, 0.4) is 0 Å². The molecule has 122 valence electrons. The Morgan fingerprint density at radius 2 is 2.04 bits per heavy atom. The van der Waals surface area contributed by atoms with E-state index >= 15 is 0 Å². The predicted octanol–water partition coefficient (Wildman–Crippen LogP) is 2.72. The van der Waals surface area contributed by atoms with Gasteiger partial charge in [-0.15, -0.1) is 0 Å². The summed E-state index contributed by atoms with van der Waals surface area (Å²) in [4.78, 5) is 28.0. The SMILES string of the molecule is Cc1ccc2nc(C(=O)N3CCC[C@@H]3c3ccnc(C)n3)cn2c1. The van der Waals surface area contributed by atoms with Crippen LogP contribution >= 0.6 is 0 Å². The van der Waals surface area contributed by atoms with Crippen molar-refractivity contribution >= 4 is 11.6 Å². The lowest BCUT2D eigenvalue weighted by molar-refractivity contribution is 0.0727. The summed E-state index contributed by atoms with van der Waals surface area (Å²) < 4.78 is 1.91. The summed E-state index contributed by atoms with van der Waals surface area (Å²) in [5.74, 6) is 0.699. The van der Waals surface area contributed by atoms with Crippen molar-refractivity contribution in [1.82, 2.24) is 24.3 Å². The van der Waals surface area contributed by atoms with Gasteiger partial charge in [0.05, 0.1) is 11.7 Å². The molecule has 1 aliphatic rings. The van der Waals surface area contributed by atoms with Crippen molar-refractivity contribution in [2.24, 2.45) is 0 Å². The van der Waals surface area contributed by atoms with Crippen molar-refractivity contribution in [3.8, 4) is 0 Å². The molecule has 3 aromatic heterocycles. The maximum absolute atomic E-state index is 13.0. The number of hydrogen-bond acceptors (Lipinski definition) is 4. The highest BCUT2D eigenvalue weighted by Crippen LogP contribution is 2.31. The number of rotatable bonds is 2. The number of amides is 1. The molecule has 4 rings (SSSR count). The number of pyridine rings is 1. The highest BCUT2D eigenvalue weighted by Gasteiger charge is 2.32. The molecule has 3 aromatic rings. The molecule has 0 aliphatic carbocycles. The van der Waals surface area contributed by atoms with Crippen molar-refractivity contribution in [3.63, 3.8) is 0 Å². The summed E-state index contributed by atoms with van der Waals surface area (Å²) in [5.41, 5.74) is 3.32. The summed E-state index contributed by atoms with van der Waals surface area (Å²) in [6.07, 6.45) is 7.45. The molecule has 1 amide bonds. The molecular formula is C18H19N5O. The third-order valence-corrected chi connectivity index (χ3v) is 4.47. The Hall–Kier alpha value is -2.76. The van der Waals surface area contributed by atoms with Gasteiger partial charge in [-0.1, -0.05) is 6.07 Å². The Kier molecular flexibility index (Phi) is 3.52. The van der Waals surface area contributed by atoms with Gasteiger partial charge in [-0.3, -0.25) is 4.79 Å². The van der Waals surface area contributed by atoms with Crippen LogP contribution in [0.5, 0.6) is 0 Å². The molecule has 4 heterocycles. The van der Waals surface area contributed by atoms with Crippen LogP contribution in [0.15, 0.2) is 36.8 Å². The number of imidazole rings is 1. The molecule has 0 bridgehead atoms. The van der Waals surface area contributed by atoms with Gasteiger partial charge in [-0.2, -0.15) is 0 Å². The predicted molar refractivity (Wildman–Crippen MR) is 89.7 cm³/mol. The van der Waals surface area contributed by atoms with Gasteiger partial charge in [0.2, 0.25) is 0 Å². The van der Waals surface area contributed by atoms with Gasteiger partial charge < -0.3 is 9.30 Å². The van der Waals surface area contributed by atoms with Gasteiger partial charge in [0.15, 0.2) is 0 Å². The smallest absolute Gasteiger partial charge is 0.274 e. The number of aryl methyl sites for hydroxylation is 2. The van der Waals surface area contributed by atoms with E-state index in [0.29, 0.717) is 5.69 Å². The van der Waals surface area contributed by atoms with Crippen LogP contribution in [-0.2, 0) is 0 Å². The van der Waals surface area contributed by atoms with E-state index in [0.717, 1.165) is 42.1 Å². The molecule has 0 spiro atoms. The van der Waals surface area contributed by atoms with E-state index in [1.807, 2.05) is 53.7 Å². The fourth-order valence-electron chi connectivity index (χ4n) is 3.33. The maximum atomic E-state index is 13.0. The van der Waals surface area contributed by atoms with Gasteiger partial charge in [0.1, 0.15) is 17.2 Å². The van der Waals surface area contributed by atoms with Crippen LogP contribution in [-0.4, -0.2) is 36.7 Å². The molecule has 1 fully saturated rings. The number of carbonyl (C=O) groups is 1. The van der Waals surface area contributed by atoms with Gasteiger partial charge in [-0.25, -0.2) is 15.0 Å². The average Bonchev–Trinajstić information content (AvgIpc) is 3.20. The Morgan fingerprint density at radius 3 is 2.88 bits per heavy atom. The molecule has 1 atom stereocenters. The monoisotopic (exact) mass is 321 g/mol. The van der Waals surface area contributed by atoms with E-state index in [1.54, 1.807) is 6.20 Å². The van der Waals surface area contributed by atoms with Gasteiger partial charge >= 0.3 is 0 Å². The highest BCUT2D eigenvalue weighted by molar-refractivity contribution is 5.93. The number of carbonyl (C=O) groups excluding carboxylic acids is 1. The fourth-order valence-corrected chi connectivity index (χ4v) is 3.33. The average molecular weight is 321 g/mol. The minimum Gasteiger partial charge on any atom is -0.329 e. The number of hydrogen-bond donors (Lipinski definition) is 0. The highest BCUT2D eigenvalue weighted by atomic mass is 16.2. The lowest BCUT2D eigenvalue weighted by Crippen LogP contribution is -2.31. The van der Waals surface area contributed by atoms with Crippen LogP contribution < -0.4 is 0 Å². The van der Waals surface area contributed by atoms with E-state index in [2.05, 4.69) is 15.0 Å². The third-order valence-electron chi connectivity index (χ3n) is 4.47. The van der Waals surface area contributed by atoms with Crippen LogP contribution in [0.4, 0.5) is 0 Å². The van der Waals surface area contributed by atoms with E-state index < -0.39 is 0 Å². The van der Waals surface area contributed by atoms with E-state index in [9.17, 15) is 4.79 Å². The first-order valence-electron chi connectivity index (χ1n) is 8.18. The van der Waals surface area contributed by atoms with Crippen molar-refractivity contribution in [2.75, 3.05) is 6.54 Å². The topological polar surface area (TPSA) is 63.4 Å². The first kappa shape index (κ1) is 14.8. The lowest BCUT2D eigenvalue weighted by atomic mass is 10.1. The van der Waals surface area contributed by atoms with Crippen LogP contribution in [0, 0.1) is 13.8 Å². The standard InChI is InChI=1S/C18H19N5O/c1-12-5-6-17-21-15(11-22(17)10-12)18(24)23-9-3-4-16(23)14-7-8-19-13(2)20-14/h5-8,10-11,16H,3-4,9H2,1-2H3/t16-/m1/s1. The van der Waals surface area contributed by atoms with Gasteiger partial charge in [0.25, 0.3) is 5.91 Å². The largest absolute Gasteiger partial charge is 0.329 e. The second-order valence-electron chi connectivity index (χ2n) is 6.28. The summed E-state index contributed by atoms with van der Waals surface area (Å²) in [6, 6.07) is 5.84. The molecule has 6 nitrogen and oxygen atoms in total. The lowest BCUT2D eigenvalue weighted by Gasteiger charge is -2.23. The Labute approximate surface area is 140 Å². The van der Waals surface area contributed by atoms with Crippen molar-refractivity contribution in [1.29, 1.82) is 0 Å². The molecule has 1 aliphatic heterocycles. The molecule has 0 N–H and O–H groups in total. The maximum Gasteiger partial charge on any atom is 0.274 e. The molecule has 0 aromatic carbocycles.